The molecule has 3 aromatic carbocycles. The molecule has 37 heavy (non-hydrogen) atoms. The number of amides is 2. The zero-order chi connectivity index (χ0) is 27.3. The number of hydrogen-bond donors (Lipinski definition) is 1. The lowest BCUT2D eigenvalue weighted by atomic mass is 10.1. The highest BCUT2D eigenvalue weighted by Gasteiger charge is 2.31. The maximum atomic E-state index is 13.8. The second-order valence-corrected chi connectivity index (χ2v) is 12.0. The minimum atomic E-state index is -3.86. The summed E-state index contributed by atoms with van der Waals surface area (Å²) in [6, 6.07) is 16.7. The average molecular weight is 565 g/mol. The fourth-order valence-electron chi connectivity index (χ4n) is 3.91. The van der Waals surface area contributed by atoms with Gasteiger partial charge in [-0.2, -0.15) is 0 Å². The molecule has 3 aromatic rings. The molecule has 0 aliphatic carbocycles. The Balaban J connectivity index is 2.01. The monoisotopic (exact) mass is 563 g/mol. The van der Waals surface area contributed by atoms with Crippen molar-refractivity contribution >= 4 is 61.5 Å². The van der Waals surface area contributed by atoms with E-state index in [1.807, 2.05) is 32.0 Å². The molecule has 0 aliphatic rings. The van der Waals surface area contributed by atoms with Gasteiger partial charge < -0.3 is 10.2 Å². The van der Waals surface area contributed by atoms with Crippen molar-refractivity contribution in [3.8, 4) is 0 Å². The molecule has 0 bridgehead atoms. The number of hydrogen-bond acceptors (Lipinski definition) is 4. The van der Waals surface area contributed by atoms with Gasteiger partial charge in [0.2, 0.25) is 21.8 Å². The van der Waals surface area contributed by atoms with E-state index < -0.39 is 28.5 Å². The molecule has 2 amide bonds. The van der Waals surface area contributed by atoms with Gasteiger partial charge in [0.25, 0.3) is 0 Å². The number of carbonyl (C=O) groups excluding carboxylic acids is 2. The Kier molecular flexibility index (Phi) is 9.45. The van der Waals surface area contributed by atoms with Crippen LogP contribution < -0.4 is 9.62 Å². The molecule has 0 fully saturated rings. The first kappa shape index (κ1) is 28.8. The standard InChI is InChI=1S/C27H31Cl2N3O4S/c1-18(2)15-30-27(34)19(3)31(16-22-23(28)12-8-13-24(22)29)26(33)17-32(37(4,35)36)25-14-7-10-20-9-5-6-11-21(20)25/h5-14,18-19H,15-17H2,1-4H3,(H,30,34)/t19-/m0/s1. The molecule has 0 heterocycles. The Morgan fingerprint density at radius 2 is 1.51 bits per heavy atom. The van der Waals surface area contributed by atoms with Crippen molar-refractivity contribution in [2.45, 2.75) is 33.4 Å². The predicted octanol–water partition coefficient (Wildman–Crippen LogP) is 5.10. The molecule has 7 nitrogen and oxygen atoms in total. The fraction of sp³-hybridized carbons (Fsp3) is 0.333. The number of sulfonamides is 1. The Labute approximate surface area is 228 Å². The lowest BCUT2D eigenvalue weighted by Crippen LogP contribution is -2.51. The summed E-state index contributed by atoms with van der Waals surface area (Å²) in [6.45, 7) is 5.39. The summed E-state index contributed by atoms with van der Waals surface area (Å²) in [5, 5.41) is 5.05. The molecular formula is C27H31Cl2N3O4S. The molecule has 3 rings (SSSR count). The van der Waals surface area contributed by atoms with E-state index in [9.17, 15) is 18.0 Å². The molecule has 0 aromatic heterocycles. The van der Waals surface area contributed by atoms with Crippen molar-refractivity contribution < 1.29 is 18.0 Å². The van der Waals surface area contributed by atoms with Crippen molar-refractivity contribution in [1.82, 2.24) is 10.2 Å². The Morgan fingerprint density at radius 1 is 0.919 bits per heavy atom. The molecule has 0 spiro atoms. The van der Waals surface area contributed by atoms with Gasteiger partial charge in [0.1, 0.15) is 12.6 Å². The van der Waals surface area contributed by atoms with Crippen molar-refractivity contribution in [2.24, 2.45) is 5.92 Å². The van der Waals surface area contributed by atoms with Crippen LogP contribution in [0.2, 0.25) is 10.0 Å². The van der Waals surface area contributed by atoms with Gasteiger partial charge in [-0.05, 0) is 36.4 Å². The summed E-state index contributed by atoms with van der Waals surface area (Å²) in [5.74, 6) is -0.715. The van der Waals surface area contributed by atoms with Crippen molar-refractivity contribution in [1.29, 1.82) is 0 Å². The topological polar surface area (TPSA) is 86.8 Å². The molecule has 10 heteroatoms. The number of rotatable bonds is 10. The molecule has 0 saturated heterocycles. The van der Waals surface area contributed by atoms with Gasteiger partial charge in [-0.1, -0.05) is 79.5 Å². The number of nitrogens with one attached hydrogen (secondary N) is 1. The number of anilines is 1. The van der Waals surface area contributed by atoms with E-state index in [-0.39, 0.29) is 18.4 Å². The van der Waals surface area contributed by atoms with E-state index in [0.717, 1.165) is 15.9 Å². The van der Waals surface area contributed by atoms with Gasteiger partial charge in [-0.25, -0.2) is 8.42 Å². The number of fused-ring (bicyclic) bond motifs is 1. The molecule has 198 valence electrons. The van der Waals surface area contributed by atoms with Crippen LogP contribution in [0, 0.1) is 5.92 Å². The van der Waals surface area contributed by atoms with E-state index in [1.54, 1.807) is 49.4 Å². The SMILES string of the molecule is CC(C)CNC(=O)[C@H](C)N(Cc1c(Cl)cccc1Cl)C(=O)CN(c1cccc2ccccc12)S(C)(=O)=O. The van der Waals surface area contributed by atoms with E-state index >= 15 is 0 Å². The van der Waals surface area contributed by atoms with Crippen LogP contribution in [-0.4, -0.2) is 50.5 Å². The molecule has 0 unspecified atom stereocenters. The Bertz CT molecular complexity index is 1370. The Morgan fingerprint density at radius 3 is 2.14 bits per heavy atom. The Hall–Kier alpha value is -2.81. The highest BCUT2D eigenvalue weighted by molar-refractivity contribution is 7.92. The summed E-state index contributed by atoms with van der Waals surface area (Å²) in [6.07, 6.45) is 1.05. The molecule has 0 radical (unpaired) electrons. The van der Waals surface area contributed by atoms with Crippen molar-refractivity contribution in [3.05, 3.63) is 76.3 Å². The highest BCUT2D eigenvalue weighted by atomic mass is 35.5. The maximum absolute atomic E-state index is 13.8. The zero-order valence-corrected chi connectivity index (χ0v) is 23.6. The van der Waals surface area contributed by atoms with Gasteiger partial charge in [0, 0.05) is 34.1 Å². The third-order valence-electron chi connectivity index (χ3n) is 5.96. The van der Waals surface area contributed by atoms with Crippen LogP contribution in [0.15, 0.2) is 60.7 Å². The molecule has 0 saturated carbocycles. The molecular weight excluding hydrogens is 533 g/mol. The number of carbonyl (C=O) groups is 2. The first-order chi connectivity index (χ1) is 17.4. The van der Waals surface area contributed by atoms with Gasteiger partial charge in [0.15, 0.2) is 0 Å². The second-order valence-electron chi connectivity index (χ2n) is 9.30. The normalized spacial score (nSPS) is 12.4. The van der Waals surface area contributed by atoms with Gasteiger partial charge in [-0.3, -0.25) is 13.9 Å². The van der Waals surface area contributed by atoms with Crippen LogP contribution in [0.5, 0.6) is 0 Å². The van der Waals surface area contributed by atoms with Crippen LogP contribution in [0.1, 0.15) is 26.3 Å². The minimum Gasteiger partial charge on any atom is -0.354 e. The van der Waals surface area contributed by atoms with Crippen LogP contribution in [-0.2, 0) is 26.2 Å². The number of benzene rings is 3. The maximum Gasteiger partial charge on any atom is 0.244 e. The van der Waals surface area contributed by atoms with Crippen molar-refractivity contribution in [3.63, 3.8) is 0 Å². The van der Waals surface area contributed by atoms with Gasteiger partial charge in [0.05, 0.1) is 11.9 Å². The summed E-state index contributed by atoms with van der Waals surface area (Å²) in [7, 11) is -3.86. The summed E-state index contributed by atoms with van der Waals surface area (Å²) < 4.78 is 26.9. The lowest BCUT2D eigenvalue weighted by molar-refractivity contribution is -0.139. The average Bonchev–Trinajstić information content (AvgIpc) is 2.84. The van der Waals surface area contributed by atoms with E-state index in [1.165, 1.54) is 4.90 Å². The molecule has 0 aliphatic heterocycles. The highest BCUT2D eigenvalue weighted by Crippen LogP contribution is 2.30. The largest absolute Gasteiger partial charge is 0.354 e. The summed E-state index contributed by atoms with van der Waals surface area (Å²) in [5.41, 5.74) is 0.848. The van der Waals surface area contributed by atoms with Crippen molar-refractivity contribution in [2.75, 3.05) is 23.7 Å². The van der Waals surface area contributed by atoms with E-state index in [4.69, 9.17) is 23.2 Å². The van der Waals surface area contributed by atoms with Crippen LogP contribution >= 0.6 is 23.2 Å². The number of nitrogens with zero attached hydrogens (tertiary/aromatic N) is 2. The smallest absolute Gasteiger partial charge is 0.244 e. The second kappa shape index (κ2) is 12.2. The lowest BCUT2D eigenvalue weighted by Gasteiger charge is -2.32. The molecule has 1 atom stereocenters. The van der Waals surface area contributed by atoms with Gasteiger partial charge in [-0.15, -0.1) is 0 Å². The summed E-state index contributed by atoms with van der Waals surface area (Å²) in [4.78, 5) is 28.1. The quantitative estimate of drug-likeness (QED) is 0.371. The predicted molar refractivity (Wildman–Crippen MR) is 150 cm³/mol. The van der Waals surface area contributed by atoms with Crippen LogP contribution in [0.25, 0.3) is 10.8 Å². The fourth-order valence-corrected chi connectivity index (χ4v) is 5.29. The van der Waals surface area contributed by atoms with E-state index in [0.29, 0.717) is 33.2 Å². The van der Waals surface area contributed by atoms with E-state index in [2.05, 4.69) is 5.32 Å². The zero-order valence-electron chi connectivity index (χ0n) is 21.2. The minimum absolute atomic E-state index is 0.0687. The van der Waals surface area contributed by atoms with Crippen LogP contribution in [0.3, 0.4) is 0 Å². The third-order valence-corrected chi connectivity index (χ3v) is 7.79. The number of halogens is 2. The first-order valence-corrected chi connectivity index (χ1v) is 14.5. The third kappa shape index (κ3) is 7.15. The van der Waals surface area contributed by atoms with Crippen LogP contribution in [0.4, 0.5) is 5.69 Å². The summed E-state index contributed by atoms with van der Waals surface area (Å²) >= 11 is 12.8. The first-order valence-electron chi connectivity index (χ1n) is 11.9. The molecule has 1 N–H and O–H groups in total. The van der Waals surface area contributed by atoms with Gasteiger partial charge >= 0.3 is 0 Å².